The lowest BCUT2D eigenvalue weighted by Crippen LogP contribution is -2.18. The molecule has 2 atom stereocenters. The Kier molecular flexibility index (Phi) is 2.29. The Morgan fingerprint density at radius 1 is 1.20 bits per heavy atom. The molecule has 20 heavy (non-hydrogen) atoms. The lowest BCUT2D eigenvalue weighted by atomic mass is 9.85. The van der Waals surface area contributed by atoms with Gasteiger partial charge in [0.25, 0.3) is 0 Å². The Morgan fingerprint density at radius 2 is 1.95 bits per heavy atom. The number of halogens is 2. The Hall–Kier alpha value is -1.84. The van der Waals surface area contributed by atoms with Gasteiger partial charge in [-0.2, -0.15) is 10.2 Å². The third-order valence-corrected chi connectivity index (χ3v) is 4.80. The number of nitrogens with zero attached hydrogens (tertiary/aromatic N) is 2. The molecule has 1 aromatic heterocycles. The summed E-state index contributed by atoms with van der Waals surface area (Å²) in [4.78, 5) is 0. The predicted molar refractivity (Wildman–Crippen MR) is 71.3 cm³/mol. The fourth-order valence-electron chi connectivity index (χ4n) is 3.77. The molecule has 4 heteroatoms. The van der Waals surface area contributed by atoms with Crippen LogP contribution in [0, 0.1) is 11.6 Å². The summed E-state index contributed by atoms with van der Waals surface area (Å²) < 4.78 is 27.7. The number of benzene rings is 1. The van der Waals surface area contributed by atoms with Gasteiger partial charge in [0.05, 0.1) is 17.0 Å². The molecule has 0 aliphatic heterocycles. The van der Waals surface area contributed by atoms with Crippen molar-refractivity contribution in [3.05, 3.63) is 47.2 Å². The maximum atomic E-state index is 13.8. The molecule has 0 spiro atoms. The summed E-state index contributed by atoms with van der Waals surface area (Å²) in [5, 5.41) is 8.37. The van der Waals surface area contributed by atoms with Crippen LogP contribution in [0.25, 0.3) is 11.3 Å². The Labute approximate surface area is 115 Å². The zero-order valence-corrected chi connectivity index (χ0v) is 11.2. The van der Waals surface area contributed by atoms with E-state index in [0.717, 1.165) is 30.5 Å². The van der Waals surface area contributed by atoms with E-state index in [0.29, 0.717) is 11.6 Å². The topological polar surface area (TPSA) is 25.8 Å². The highest BCUT2D eigenvalue weighted by atomic mass is 19.1. The second kappa shape index (κ2) is 3.84. The summed E-state index contributed by atoms with van der Waals surface area (Å²) >= 11 is 0. The van der Waals surface area contributed by atoms with Gasteiger partial charge >= 0.3 is 0 Å². The van der Waals surface area contributed by atoms with Crippen molar-refractivity contribution in [1.82, 2.24) is 10.2 Å². The molecule has 1 heterocycles. The van der Waals surface area contributed by atoms with Crippen molar-refractivity contribution in [1.29, 1.82) is 0 Å². The number of aromatic nitrogens is 2. The molecule has 2 nitrogen and oxygen atoms in total. The molecule has 2 aliphatic carbocycles. The summed E-state index contributed by atoms with van der Waals surface area (Å²) in [7, 11) is 0. The first-order valence-electron chi connectivity index (χ1n) is 6.91. The standard InChI is InChI=1S/C16H14F2N2/c1-16-6-5-9(8-16)10-7-13(19-20-15(10)16)14-11(17)3-2-4-12(14)18/h2-4,7,9H,5-6,8H2,1H3/t9-,16+/m1/s1. The Morgan fingerprint density at radius 3 is 2.70 bits per heavy atom. The van der Waals surface area contributed by atoms with Gasteiger partial charge in [-0.1, -0.05) is 13.0 Å². The third kappa shape index (κ3) is 1.48. The van der Waals surface area contributed by atoms with E-state index in [1.807, 2.05) is 6.07 Å². The minimum atomic E-state index is -0.589. The maximum absolute atomic E-state index is 13.8. The van der Waals surface area contributed by atoms with Crippen molar-refractivity contribution in [2.75, 3.05) is 0 Å². The van der Waals surface area contributed by atoms with Crippen LogP contribution in [0.3, 0.4) is 0 Å². The second-order valence-corrected chi connectivity index (χ2v) is 6.13. The average Bonchev–Trinajstić information content (AvgIpc) is 2.93. The minimum absolute atomic E-state index is 0.0734. The fourth-order valence-corrected chi connectivity index (χ4v) is 3.77. The highest BCUT2D eigenvalue weighted by Gasteiger charge is 2.47. The summed E-state index contributed by atoms with van der Waals surface area (Å²) in [6.45, 7) is 2.21. The van der Waals surface area contributed by atoms with E-state index < -0.39 is 11.6 Å². The smallest absolute Gasteiger partial charge is 0.135 e. The third-order valence-electron chi connectivity index (χ3n) is 4.80. The van der Waals surface area contributed by atoms with Gasteiger partial charge in [-0.05, 0) is 48.9 Å². The van der Waals surface area contributed by atoms with Crippen LogP contribution in [0.5, 0.6) is 0 Å². The number of fused-ring (bicyclic) bond motifs is 5. The van der Waals surface area contributed by atoms with Crippen molar-refractivity contribution in [2.24, 2.45) is 0 Å². The summed E-state index contributed by atoms with van der Waals surface area (Å²) in [5.74, 6) is -0.707. The molecular formula is C16H14F2N2. The first-order valence-corrected chi connectivity index (χ1v) is 6.91. The van der Waals surface area contributed by atoms with Gasteiger partial charge in [0.15, 0.2) is 0 Å². The van der Waals surface area contributed by atoms with Gasteiger partial charge in [0.1, 0.15) is 11.6 Å². The quantitative estimate of drug-likeness (QED) is 0.785. The Balaban J connectivity index is 1.89. The van der Waals surface area contributed by atoms with Crippen LogP contribution in [0.1, 0.15) is 43.4 Å². The van der Waals surface area contributed by atoms with Crippen LogP contribution in [-0.2, 0) is 5.41 Å². The normalized spacial score (nSPS) is 26.9. The number of hydrogen-bond acceptors (Lipinski definition) is 2. The lowest BCUT2D eigenvalue weighted by molar-refractivity contribution is 0.484. The molecular weight excluding hydrogens is 258 g/mol. The fraction of sp³-hybridized carbons (Fsp3) is 0.375. The van der Waals surface area contributed by atoms with Crippen LogP contribution >= 0.6 is 0 Å². The van der Waals surface area contributed by atoms with Crippen molar-refractivity contribution >= 4 is 0 Å². The van der Waals surface area contributed by atoms with E-state index in [4.69, 9.17) is 0 Å². The largest absolute Gasteiger partial charge is 0.206 e. The van der Waals surface area contributed by atoms with Crippen molar-refractivity contribution < 1.29 is 8.78 Å². The van der Waals surface area contributed by atoms with E-state index in [9.17, 15) is 8.78 Å². The zero-order chi connectivity index (χ0) is 13.9. The van der Waals surface area contributed by atoms with Crippen molar-refractivity contribution in [3.63, 3.8) is 0 Å². The molecule has 0 amide bonds. The lowest BCUT2D eigenvalue weighted by Gasteiger charge is -2.22. The number of hydrogen-bond donors (Lipinski definition) is 0. The van der Waals surface area contributed by atoms with Gasteiger partial charge in [-0.25, -0.2) is 8.78 Å². The van der Waals surface area contributed by atoms with Crippen LogP contribution in [0.15, 0.2) is 24.3 Å². The molecule has 1 fully saturated rings. The Bertz CT molecular complexity index is 693. The molecule has 1 saturated carbocycles. The maximum Gasteiger partial charge on any atom is 0.135 e. The average molecular weight is 272 g/mol. The molecule has 0 radical (unpaired) electrons. The molecule has 1 aromatic carbocycles. The molecule has 2 aromatic rings. The van der Waals surface area contributed by atoms with Gasteiger partial charge in [0.2, 0.25) is 0 Å². The van der Waals surface area contributed by atoms with Crippen LogP contribution < -0.4 is 0 Å². The molecule has 2 bridgehead atoms. The zero-order valence-electron chi connectivity index (χ0n) is 11.2. The number of rotatable bonds is 1. The first kappa shape index (κ1) is 11.9. The van der Waals surface area contributed by atoms with Gasteiger partial charge in [-0.3, -0.25) is 0 Å². The SMILES string of the molecule is C[C@]12CC[C@H](C1)c1cc(-c3c(F)cccc3F)nnc12. The molecule has 0 unspecified atom stereocenters. The predicted octanol–water partition coefficient (Wildman–Crippen LogP) is 3.96. The molecule has 0 N–H and O–H groups in total. The van der Waals surface area contributed by atoms with Crippen LogP contribution in [0.4, 0.5) is 8.78 Å². The summed E-state index contributed by atoms with van der Waals surface area (Å²) in [6, 6.07) is 5.69. The highest BCUT2D eigenvalue weighted by molar-refractivity contribution is 5.62. The monoisotopic (exact) mass is 272 g/mol. The summed E-state index contributed by atoms with van der Waals surface area (Å²) in [5.41, 5.74) is 2.49. The molecule has 102 valence electrons. The second-order valence-electron chi connectivity index (χ2n) is 6.13. The molecule has 4 rings (SSSR count). The van der Waals surface area contributed by atoms with Gasteiger partial charge in [0, 0.05) is 5.41 Å². The highest BCUT2D eigenvalue weighted by Crippen LogP contribution is 2.56. The van der Waals surface area contributed by atoms with Crippen molar-refractivity contribution in [2.45, 2.75) is 37.5 Å². The van der Waals surface area contributed by atoms with E-state index in [1.165, 1.54) is 18.2 Å². The van der Waals surface area contributed by atoms with Crippen molar-refractivity contribution in [3.8, 4) is 11.3 Å². The molecule has 0 saturated heterocycles. The van der Waals surface area contributed by atoms with Gasteiger partial charge in [-0.15, -0.1) is 0 Å². The van der Waals surface area contributed by atoms with Crippen LogP contribution in [-0.4, -0.2) is 10.2 Å². The van der Waals surface area contributed by atoms with E-state index in [-0.39, 0.29) is 11.0 Å². The van der Waals surface area contributed by atoms with E-state index in [2.05, 4.69) is 17.1 Å². The minimum Gasteiger partial charge on any atom is -0.206 e. The van der Waals surface area contributed by atoms with E-state index >= 15 is 0 Å². The first-order chi connectivity index (χ1) is 9.58. The summed E-state index contributed by atoms with van der Waals surface area (Å²) in [6.07, 6.45) is 3.35. The molecule has 2 aliphatic rings. The van der Waals surface area contributed by atoms with Crippen LogP contribution in [0.2, 0.25) is 0 Å². The van der Waals surface area contributed by atoms with E-state index in [1.54, 1.807) is 0 Å². The van der Waals surface area contributed by atoms with Gasteiger partial charge < -0.3 is 0 Å².